The Hall–Kier alpha value is -3.61. The molecule has 0 saturated heterocycles. The van der Waals surface area contributed by atoms with Gasteiger partial charge in [0.15, 0.2) is 0 Å². The first-order chi connectivity index (χ1) is 14.0. The highest BCUT2D eigenvalue weighted by Gasteiger charge is 2.31. The number of methoxy groups -OCH3 is 1. The highest BCUT2D eigenvalue weighted by molar-refractivity contribution is 6.09. The molecule has 0 bridgehead atoms. The Morgan fingerprint density at radius 2 is 1.86 bits per heavy atom. The van der Waals surface area contributed by atoms with E-state index < -0.39 is 0 Å². The van der Waals surface area contributed by atoms with Gasteiger partial charge in [-0.2, -0.15) is 0 Å². The molecule has 4 rings (SSSR count). The van der Waals surface area contributed by atoms with Gasteiger partial charge in [0.1, 0.15) is 5.56 Å². The van der Waals surface area contributed by atoms with E-state index in [1.807, 2.05) is 30.0 Å². The number of rotatable bonds is 4. The molecular weight excluding hydrogens is 368 g/mol. The summed E-state index contributed by atoms with van der Waals surface area (Å²) in [6.07, 6.45) is 2.45. The third kappa shape index (κ3) is 3.47. The van der Waals surface area contributed by atoms with Gasteiger partial charge in [0.25, 0.3) is 11.8 Å². The molecule has 29 heavy (non-hydrogen) atoms. The van der Waals surface area contributed by atoms with Gasteiger partial charge in [-0.15, -0.1) is 5.10 Å². The highest BCUT2D eigenvalue weighted by Crippen LogP contribution is 2.33. The topological polar surface area (TPSA) is 76.5 Å². The summed E-state index contributed by atoms with van der Waals surface area (Å²) in [6, 6.07) is 15.0. The van der Waals surface area contributed by atoms with E-state index in [0.29, 0.717) is 16.8 Å². The van der Waals surface area contributed by atoms with Crippen molar-refractivity contribution in [3.8, 4) is 5.88 Å². The second kappa shape index (κ2) is 7.43. The van der Waals surface area contributed by atoms with Crippen molar-refractivity contribution in [2.24, 2.45) is 7.05 Å². The molecule has 2 heterocycles. The lowest BCUT2D eigenvalue weighted by molar-refractivity contribution is 0.0980. The van der Waals surface area contributed by atoms with E-state index in [9.17, 15) is 9.59 Å². The van der Waals surface area contributed by atoms with Gasteiger partial charge in [0, 0.05) is 36.2 Å². The number of aromatic nitrogens is 2. The molecule has 1 atom stereocenters. The Morgan fingerprint density at radius 3 is 2.59 bits per heavy atom. The molecule has 1 aliphatic heterocycles. The summed E-state index contributed by atoms with van der Waals surface area (Å²) in [7, 11) is 3.19. The van der Waals surface area contributed by atoms with Crippen LogP contribution in [-0.2, 0) is 13.5 Å². The normalized spacial score (nSPS) is 15.1. The van der Waals surface area contributed by atoms with E-state index in [0.717, 1.165) is 12.1 Å². The third-order valence-corrected chi connectivity index (χ3v) is 5.05. The van der Waals surface area contributed by atoms with Gasteiger partial charge in [-0.1, -0.05) is 18.2 Å². The van der Waals surface area contributed by atoms with E-state index in [2.05, 4.69) is 16.5 Å². The molecule has 0 saturated carbocycles. The van der Waals surface area contributed by atoms with E-state index in [4.69, 9.17) is 4.74 Å². The fraction of sp³-hybridized carbons (Fsp3) is 0.227. The maximum Gasteiger partial charge on any atom is 0.262 e. The number of amides is 2. The largest absolute Gasteiger partial charge is 0.479 e. The summed E-state index contributed by atoms with van der Waals surface area (Å²) in [4.78, 5) is 27.4. The molecule has 7 nitrogen and oxygen atoms in total. The number of hydrogen-bond acceptors (Lipinski definition) is 4. The number of fused-ring (bicyclic) bond motifs is 1. The molecule has 0 spiro atoms. The van der Waals surface area contributed by atoms with Gasteiger partial charge in [-0.25, -0.2) is 0 Å². The maximum atomic E-state index is 13.1. The van der Waals surface area contributed by atoms with Crippen molar-refractivity contribution in [1.29, 1.82) is 0 Å². The van der Waals surface area contributed by atoms with Crippen LogP contribution in [0.1, 0.15) is 33.2 Å². The minimum absolute atomic E-state index is 0.0470. The second-order valence-corrected chi connectivity index (χ2v) is 7.11. The van der Waals surface area contributed by atoms with Crippen LogP contribution in [-0.4, -0.2) is 34.7 Å². The van der Waals surface area contributed by atoms with Crippen LogP contribution in [0.25, 0.3) is 0 Å². The minimum Gasteiger partial charge on any atom is -0.479 e. The number of carbonyl (C=O) groups is 2. The predicted molar refractivity (Wildman–Crippen MR) is 111 cm³/mol. The lowest BCUT2D eigenvalue weighted by Crippen LogP contribution is -2.35. The van der Waals surface area contributed by atoms with Crippen molar-refractivity contribution < 1.29 is 14.3 Å². The van der Waals surface area contributed by atoms with Crippen molar-refractivity contribution in [3.05, 3.63) is 71.4 Å². The molecule has 3 aromatic rings. The molecule has 0 unspecified atom stereocenters. The molecule has 2 aromatic carbocycles. The Labute approximate surface area is 168 Å². The molecular formula is C22H22N4O3. The standard InChI is InChI=1S/C22H22N4O3/c1-14-12-16-6-4-5-7-19(16)26(14)22(28)15-8-10-17(11-9-15)23-20(27)18-13-25(2)24-21(18)29-3/h4-11,13-14H,12H2,1-3H3,(H,23,27)/t14-/m1/s1. The fourth-order valence-corrected chi connectivity index (χ4v) is 3.68. The second-order valence-electron chi connectivity index (χ2n) is 7.11. The highest BCUT2D eigenvalue weighted by atomic mass is 16.5. The first-order valence-electron chi connectivity index (χ1n) is 9.38. The Bertz CT molecular complexity index is 1070. The van der Waals surface area contributed by atoms with Crippen LogP contribution in [0.15, 0.2) is 54.7 Å². The monoisotopic (exact) mass is 390 g/mol. The number of benzene rings is 2. The number of hydrogen-bond donors (Lipinski definition) is 1. The summed E-state index contributed by atoms with van der Waals surface area (Å²) in [6.45, 7) is 2.05. The number of carbonyl (C=O) groups excluding carboxylic acids is 2. The first kappa shape index (κ1) is 18.7. The van der Waals surface area contributed by atoms with Gasteiger partial charge >= 0.3 is 0 Å². The zero-order chi connectivity index (χ0) is 20.5. The summed E-state index contributed by atoms with van der Waals surface area (Å²) >= 11 is 0. The zero-order valence-corrected chi connectivity index (χ0v) is 16.5. The summed E-state index contributed by atoms with van der Waals surface area (Å²) in [5.74, 6) is -0.108. The van der Waals surface area contributed by atoms with Gasteiger partial charge in [-0.3, -0.25) is 14.3 Å². The lowest BCUT2D eigenvalue weighted by Gasteiger charge is -2.23. The van der Waals surface area contributed by atoms with Crippen LogP contribution in [0, 0.1) is 0 Å². The van der Waals surface area contributed by atoms with Gasteiger partial charge < -0.3 is 15.0 Å². The minimum atomic E-state index is -0.323. The number of anilines is 2. The molecule has 148 valence electrons. The van der Waals surface area contributed by atoms with Gasteiger partial charge in [0.2, 0.25) is 5.88 Å². The van der Waals surface area contributed by atoms with Crippen LogP contribution < -0.4 is 15.0 Å². The van der Waals surface area contributed by atoms with Crippen molar-refractivity contribution in [1.82, 2.24) is 9.78 Å². The van der Waals surface area contributed by atoms with E-state index in [1.54, 1.807) is 37.5 Å². The number of para-hydroxylation sites is 1. The van der Waals surface area contributed by atoms with E-state index in [1.165, 1.54) is 17.4 Å². The van der Waals surface area contributed by atoms with Crippen LogP contribution in [0.5, 0.6) is 5.88 Å². The Kier molecular flexibility index (Phi) is 4.80. The Morgan fingerprint density at radius 1 is 1.14 bits per heavy atom. The molecule has 0 fully saturated rings. The van der Waals surface area contributed by atoms with Crippen molar-refractivity contribution in [2.75, 3.05) is 17.3 Å². The Balaban J connectivity index is 1.51. The molecule has 1 N–H and O–H groups in total. The molecule has 7 heteroatoms. The van der Waals surface area contributed by atoms with Crippen molar-refractivity contribution in [2.45, 2.75) is 19.4 Å². The van der Waals surface area contributed by atoms with E-state index in [-0.39, 0.29) is 23.7 Å². The number of nitrogens with one attached hydrogen (secondary N) is 1. The van der Waals surface area contributed by atoms with E-state index >= 15 is 0 Å². The van der Waals surface area contributed by atoms with Crippen LogP contribution in [0.2, 0.25) is 0 Å². The smallest absolute Gasteiger partial charge is 0.262 e. The number of aryl methyl sites for hydroxylation is 1. The van der Waals surface area contributed by atoms with Crippen LogP contribution >= 0.6 is 0 Å². The quantitative estimate of drug-likeness (QED) is 0.742. The molecule has 2 amide bonds. The summed E-state index contributed by atoms with van der Waals surface area (Å²) in [5, 5.41) is 6.89. The molecule has 1 aromatic heterocycles. The summed E-state index contributed by atoms with van der Waals surface area (Å²) < 4.78 is 6.65. The fourth-order valence-electron chi connectivity index (χ4n) is 3.68. The average molecular weight is 390 g/mol. The summed E-state index contributed by atoms with van der Waals surface area (Å²) in [5.41, 5.74) is 3.66. The lowest BCUT2D eigenvalue weighted by atomic mass is 10.1. The van der Waals surface area contributed by atoms with Gasteiger partial charge in [0.05, 0.1) is 7.11 Å². The van der Waals surface area contributed by atoms with Crippen LogP contribution in [0.4, 0.5) is 11.4 Å². The molecule has 0 radical (unpaired) electrons. The van der Waals surface area contributed by atoms with Crippen molar-refractivity contribution >= 4 is 23.2 Å². The number of nitrogens with zero attached hydrogens (tertiary/aromatic N) is 3. The first-order valence-corrected chi connectivity index (χ1v) is 9.38. The SMILES string of the molecule is COc1nn(C)cc1C(=O)Nc1ccc(C(=O)N2c3ccccc3C[C@H]2C)cc1. The molecule has 0 aliphatic carbocycles. The predicted octanol–water partition coefficient (Wildman–Crippen LogP) is 3.27. The molecule has 1 aliphatic rings. The number of ether oxygens (including phenoxy) is 1. The average Bonchev–Trinajstić information content (AvgIpc) is 3.26. The van der Waals surface area contributed by atoms with Crippen molar-refractivity contribution in [3.63, 3.8) is 0 Å². The third-order valence-electron chi connectivity index (χ3n) is 5.05. The zero-order valence-electron chi connectivity index (χ0n) is 16.5. The van der Waals surface area contributed by atoms with Crippen LogP contribution in [0.3, 0.4) is 0 Å². The van der Waals surface area contributed by atoms with Gasteiger partial charge in [-0.05, 0) is 49.2 Å². The maximum absolute atomic E-state index is 13.1.